The highest BCUT2D eigenvalue weighted by molar-refractivity contribution is 5.20. The van der Waals surface area contributed by atoms with Crippen molar-refractivity contribution in [1.29, 1.82) is 0 Å². The molecule has 2 atom stereocenters. The SMILES string of the molecule is COC(C)C(NN)c1cccc(F)c1. The minimum Gasteiger partial charge on any atom is -0.380 e. The van der Waals surface area contributed by atoms with Crippen molar-refractivity contribution in [2.45, 2.75) is 19.1 Å². The molecule has 0 radical (unpaired) electrons. The molecule has 0 aliphatic heterocycles. The molecule has 1 rings (SSSR count). The molecule has 1 aromatic carbocycles. The fraction of sp³-hybridized carbons (Fsp3) is 0.400. The standard InChI is InChI=1S/C10H15FN2O/c1-7(14-2)10(13-12)8-4-3-5-9(11)6-8/h3-7,10,13H,12H2,1-2H3. The number of hydrogen-bond donors (Lipinski definition) is 2. The lowest BCUT2D eigenvalue weighted by Gasteiger charge is -2.22. The van der Waals surface area contributed by atoms with Crippen molar-refractivity contribution in [3.05, 3.63) is 35.6 Å². The number of methoxy groups -OCH3 is 1. The lowest BCUT2D eigenvalue weighted by atomic mass is 10.0. The van der Waals surface area contributed by atoms with E-state index in [0.717, 1.165) is 5.56 Å². The zero-order valence-electron chi connectivity index (χ0n) is 8.33. The number of ether oxygens (including phenoxy) is 1. The van der Waals surface area contributed by atoms with E-state index in [1.165, 1.54) is 12.1 Å². The van der Waals surface area contributed by atoms with Gasteiger partial charge in [-0.1, -0.05) is 12.1 Å². The lowest BCUT2D eigenvalue weighted by Crippen LogP contribution is -2.36. The van der Waals surface area contributed by atoms with E-state index in [2.05, 4.69) is 5.43 Å². The molecule has 0 bridgehead atoms. The molecule has 0 aliphatic carbocycles. The van der Waals surface area contributed by atoms with E-state index in [1.54, 1.807) is 13.2 Å². The van der Waals surface area contributed by atoms with Gasteiger partial charge in [0, 0.05) is 7.11 Å². The van der Waals surface area contributed by atoms with E-state index in [-0.39, 0.29) is 18.0 Å². The van der Waals surface area contributed by atoms with Crippen LogP contribution in [0.15, 0.2) is 24.3 Å². The fourth-order valence-electron chi connectivity index (χ4n) is 1.34. The number of nitrogens with one attached hydrogen (secondary N) is 1. The number of rotatable bonds is 4. The van der Waals surface area contributed by atoms with Gasteiger partial charge in [-0.15, -0.1) is 0 Å². The summed E-state index contributed by atoms with van der Waals surface area (Å²) in [6.07, 6.45) is -0.109. The van der Waals surface area contributed by atoms with E-state index < -0.39 is 0 Å². The monoisotopic (exact) mass is 198 g/mol. The van der Waals surface area contributed by atoms with Gasteiger partial charge in [0.2, 0.25) is 0 Å². The van der Waals surface area contributed by atoms with Crippen LogP contribution in [0.1, 0.15) is 18.5 Å². The molecule has 0 fully saturated rings. The molecule has 0 aliphatic rings. The van der Waals surface area contributed by atoms with Crippen LogP contribution >= 0.6 is 0 Å². The molecule has 0 heterocycles. The molecule has 78 valence electrons. The van der Waals surface area contributed by atoms with Gasteiger partial charge in [0.05, 0.1) is 12.1 Å². The summed E-state index contributed by atoms with van der Waals surface area (Å²) in [5.74, 6) is 5.11. The second-order valence-corrected chi connectivity index (χ2v) is 3.14. The van der Waals surface area contributed by atoms with Gasteiger partial charge in [-0.3, -0.25) is 11.3 Å². The Morgan fingerprint density at radius 2 is 2.21 bits per heavy atom. The summed E-state index contributed by atoms with van der Waals surface area (Å²) in [6, 6.07) is 6.10. The van der Waals surface area contributed by atoms with Crippen molar-refractivity contribution >= 4 is 0 Å². The van der Waals surface area contributed by atoms with Gasteiger partial charge >= 0.3 is 0 Å². The summed E-state index contributed by atoms with van der Waals surface area (Å²) in [4.78, 5) is 0. The number of benzene rings is 1. The topological polar surface area (TPSA) is 47.3 Å². The Bertz CT molecular complexity index is 293. The molecule has 0 saturated heterocycles. The minimum atomic E-state index is -0.272. The van der Waals surface area contributed by atoms with Gasteiger partial charge in [-0.05, 0) is 24.6 Å². The molecule has 0 saturated carbocycles. The third-order valence-corrected chi connectivity index (χ3v) is 2.23. The highest BCUT2D eigenvalue weighted by Gasteiger charge is 2.17. The van der Waals surface area contributed by atoms with Gasteiger partial charge in [0.25, 0.3) is 0 Å². The highest BCUT2D eigenvalue weighted by Crippen LogP contribution is 2.18. The van der Waals surface area contributed by atoms with Crippen LogP contribution in [0, 0.1) is 5.82 Å². The van der Waals surface area contributed by atoms with Crippen LogP contribution in [0.3, 0.4) is 0 Å². The van der Waals surface area contributed by atoms with Crippen molar-refractivity contribution in [2.75, 3.05) is 7.11 Å². The van der Waals surface area contributed by atoms with Crippen molar-refractivity contribution in [3.63, 3.8) is 0 Å². The van der Waals surface area contributed by atoms with Gasteiger partial charge in [0.15, 0.2) is 0 Å². The Kier molecular flexibility index (Phi) is 4.00. The molecule has 4 heteroatoms. The van der Waals surface area contributed by atoms with Crippen molar-refractivity contribution in [2.24, 2.45) is 5.84 Å². The van der Waals surface area contributed by atoms with Crippen LogP contribution in [0.4, 0.5) is 4.39 Å². The predicted octanol–water partition coefficient (Wildman–Crippen LogP) is 1.36. The Morgan fingerprint density at radius 3 is 2.71 bits per heavy atom. The van der Waals surface area contributed by atoms with E-state index in [1.807, 2.05) is 13.0 Å². The van der Waals surface area contributed by atoms with Gasteiger partial charge in [-0.2, -0.15) is 0 Å². The third-order valence-electron chi connectivity index (χ3n) is 2.23. The second-order valence-electron chi connectivity index (χ2n) is 3.14. The van der Waals surface area contributed by atoms with Crippen LogP contribution in [-0.2, 0) is 4.74 Å². The molecule has 1 aromatic rings. The number of hydrogen-bond acceptors (Lipinski definition) is 3. The smallest absolute Gasteiger partial charge is 0.123 e. The van der Waals surface area contributed by atoms with Crippen LogP contribution < -0.4 is 11.3 Å². The number of hydrazine groups is 1. The first kappa shape index (κ1) is 11.1. The molecular formula is C10H15FN2O. The Hall–Kier alpha value is -0.970. The molecule has 3 nitrogen and oxygen atoms in total. The fourth-order valence-corrected chi connectivity index (χ4v) is 1.34. The van der Waals surface area contributed by atoms with Crippen LogP contribution in [0.5, 0.6) is 0 Å². The molecule has 0 aromatic heterocycles. The van der Waals surface area contributed by atoms with Crippen LogP contribution in [0.2, 0.25) is 0 Å². The third kappa shape index (κ3) is 2.51. The zero-order valence-corrected chi connectivity index (χ0v) is 8.33. The highest BCUT2D eigenvalue weighted by atomic mass is 19.1. The zero-order chi connectivity index (χ0) is 10.6. The van der Waals surface area contributed by atoms with Crippen molar-refractivity contribution < 1.29 is 9.13 Å². The van der Waals surface area contributed by atoms with Gasteiger partial charge in [0.1, 0.15) is 5.82 Å². The average molecular weight is 198 g/mol. The number of halogens is 1. The van der Waals surface area contributed by atoms with Gasteiger partial charge in [-0.25, -0.2) is 4.39 Å². The Balaban J connectivity index is 2.89. The van der Waals surface area contributed by atoms with E-state index in [0.29, 0.717) is 0 Å². The Labute approximate surface area is 83.0 Å². The van der Waals surface area contributed by atoms with E-state index in [9.17, 15) is 4.39 Å². The summed E-state index contributed by atoms with van der Waals surface area (Å²) >= 11 is 0. The molecular weight excluding hydrogens is 183 g/mol. The number of nitrogens with two attached hydrogens (primary N) is 1. The maximum atomic E-state index is 12.9. The van der Waals surface area contributed by atoms with Crippen molar-refractivity contribution in [3.8, 4) is 0 Å². The van der Waals surface area contributed by atoms with E-state index >= 15 is 0 Å². The summed E-state index contributed by atoms with van der Waals surface area (Å²) in [5, 5.41) is 0. The quantitative estimate of drug-likeness (QED) is 0.567. The first-order valence-corrected chi connectivity index (χ1v) is 4.43. The summed E-state index contributed by atoms with van der Waals surface area (Å²) in [6.45, 7) is 1.87. The largest absolute Gasteiger partial charge is 0.380 e. The first-order chi connectivity index (χ1) is 6.69. The lowest BCUT2D eigenvalue weighted by molar-refractivity contribution is 0.0830. The average Bonchev–Trinajstić information content (AvgIpc) is 2.19. The first-order valence-electron chi connectivity index (χ1n) is 4.43. The minimum absolute atomic E-state index is 0.109. The van der Waals surface area contributed by atoms with Crippen LogP contribution in [-0.4, -0.2) is 13.2 Å². The van der Waals surface area contributed by atoms with Crippen LogP contribution in [0.25, 0.3) is 0 Å². The van der Waals surface area contributed by atoms with Crippen molar-refractivity contribution in [1.82, 2.24) is 5.43 Å². The Morgan fingerprint density at radius 1 is 1.50 bits per heavy atom. The summed E-state index contributed by atoms with van der Waals surface area (Å²) in [5.41, 5.74) is 3.38. The maximum Gasteiger partial charge on any atom is 0.123 e. The predicted molar refractivity (Wildman–Crippen MR) is 52.9 cm³/mol. The summed E-state index contributed by atoms with van der Waals surface area (Å²) in [7, 11) is 1.59. The van der Waals surface area contributed by atoms with E-state index in [4.69, 9.17) is 10.6 Å². The molecule has 0 amide bonds. The van der Waals surface area contributed by atoms with Gasteiger partial charge < -0.3 is 4.74 Å². The molecule has 3 N–H and O–H groups in total. The molecule has 0 spiro atoms. The normalized spacial score (nSPS) is 15.1. The molecule has 2 unspecified atom stereocenters. The second kappa shape index (κ2) is 5.05. The maximum absolute atomic E-state index is 12.9. The summed E-state index contributed by atoms with van der Waals surface area (Å²) < 4.78 is 18.1. The molecule has 14 heavy (non-hydrogen) atoms.